The Labute approximate surface area is 185 Å². The molecule has 4 rings (SSSR count). The largest absolute Gasteiger partial charge is 0.493 e. The third-order valence-corrected chi connectivity index (χ3v) is 4.91. The molecule has 4 aromatic rings. The molecule has 3 aromatic carbocycles. The van der Waals surface area contributed by atoms with E-state index >= 15 is 0 Å². The highest BCUT2D eigenvalue weighted by Crippen LogP contribution is 2.33. The van der Waals surface area contributed by atoms with Gasteiger partial charge in [-0.25, -0.2) is 4.68 Å². The first-order valence-electron chi connectivity index (χ1n) is 9.60. The maximum Gasteiger partial charge on any atom is 0.161 e. The molecule has 0 spiro atoms. The van der Waals surface area contributed by atoms with Crippen molar-refractivity contribution in [3.05, 3.63) is 89.6 Å². The number of ether oxygens (including phenoxy) is 2. The summed E-state index contributed by atoms with van der Waals surface area (Å²) in [6, 6.07) is 23.0. The minimum Gasteiger partial charge on any atom is -0.493 e. The lowest BCUT2D eigenvalue weighted by atomic mass is 10.1. The summed E-state index contributed by atoms with van der Waals surface area (Å²) >= 11 is 5.94. The first-order valence-corrected chi connectivity index (χ1v) is 9.98. The monoisotopic (exact) mass is 432 g/mol. The zero-order chi connectivity index (χ0) is 21.6. The molecule has 0 atom stereocenters. The normalized spacial score (nSPS) is 10.9. The van der Waals surface area contributed by atoms with Gasteiger partial charge in [-0.05, 0) is 54.6 Å². The highest BCUT2D eigenvalue weighted by Gasteiger charge is 2.14. The average molecular weight is 433 g/mol. The first kappa shape index (κ1) is 20.5. The average Bonchev–Trinajstić information content (AvgIpc) is 3.24. The van der Waals surface area contributed by atoms with Crippen molar-refractivity contribution in [2.24, 2.45) is 5.10 Å². The van der Waals surface area contributed by atoms with E-state index in [1.807, 2.05) is 83.7 Å². The molecule has 156 valence electrons. The Morgan fingerprint density at radius 1 is 0.935 bits per heavy atom. The maximum absolute atomic E-state index is 5.94. The van der Waals surface area contributed by atoms with Gasteiger partial charge < -0.3 is 9.47 Å². The van der Waals surface area contributed by atoms with Crippen LogP contribution in [0.1, 0.15) is 5.56 Å². The number of hydrogen-bond donors (Lipinski definition) is 1. The van der Waals surface area contributed by atoms with Crippen molar-refractivity contribution in [3.8, 4) is 28.4 Å². The molecule has 0 unspecified atom stereocenters. The molecule has 0 fully saturated rings. The number of anilines is 1. The molecule has 0 amide bonds. The summed E-state index contributed by atoms with van der Waals surface area (Å²) in [7, 11) is 3.23. The SMILES string of the molecule is COc1ccc(-c2nn(-c3ccccc3)cc2/C=N\Nc2ccc(Cl)cc2)cc1OC. The highest BCUT2D eigenvalue weighted by molar-refractivity contribution is 6.30. The molecule has 0 saturated carbocycles. The van der Waals surface area contributed by atoms with Crippen molar-refractivity contribution in [1.29, 1.82) is 0 Å². The molecular formula is C24H21ClN4O2. The Balaban J connectivity index is 1.71. The summed E-state index contributed by atoms with van der Waals surface area (Å²) in [6.07, 6.45) is 3.68. The molecule has 1 aromatic heterocycles. The Kier molecular flexibility index (Phi) is 6.19. The van der Waals surface area contributed by atoms with Gasteiger partial charge in [0.15, 0.2) is 11.5 Å². The molecule has 0 aliphatic rings. The Hall–Kier alpha value is -3.77. The molecular weight excluding hydrogens is 412 g/mol. The van der Waals surface area contributed by atoms with Gasteiger partial charge in [-0.1, -0.05) is 29.8 Å². The van der Waals surface area contributed by atoms with Crippen LogP contribution < -0.4 is 14.9 Å². The van der Waals surface area contributed by atoms with Gasteiger partial charge in [-0.15, -0.1) is 0 Å². The van der Waals surface area contributed by atoms with Crippen LogP contribution >= 0.6 is 11.6 Å². The van der Waals surface area contributed by atoms with Crippen LogP contribution in [0, 0.1) is 0 Å². The fourth-order valence-electron chi connectivity index (χ4n) is 3.10. The number of hydrazone groups is 1. The standard InChI is InChI=1S/C24H21ClN4O2/c1-30-22-13-8-17(14-23(22)31-2)24-18(15-26-27-20-11-9-19(25)10-12-20)16-29(28-24)21-6-4-3-5-7-21/h3-16,27H,1-2H3/b26-15-. The topological polar surface area (TPSA) is 60.7 Å². The highest BCUT2D eigenvalue weighted by atomic mass is 35.5. The van der Waals surface area contributed by atoms with Gasteiger partial charge in [0.25, 0.3) is 0 Å². The van der Waals surface area contributed by atoms with Crippen LogP contribution in [0.5, 0.6) is 11.5 Å². The molecule has 31 heavy (non-hydrogen) atoms. The number of hydrogen-bond acceptors (Lipinski definition) is 5. The van der Waals surface area contributed by atoms with Gasteiger partial charge in [-0.2, -0.15) is 10.2 Å². The zero-order valence-corrected chi connectivity index (χ0v) is 17.9. The number of nitrogens with one attached hydrogen (secondary N) is 1. The van der Waals surface area contributed by atoms with Crippen molar-refractivity contribution in [2.45, 2.75) is 0 Å². The van der Waals surface area contributed by atoms with Crippen molar-refractivity contribution >= 4 is 23.5 Å². The second kappa shape index (κ2) is 9.36. The summed E-state index contributed by atoms with van der Waals surface area (Å²) in [6.45, 7) is 0. The number of aromatic nitrogens is 2. The second-order valence-corrected chi connectivity index (χ2v) is 7.10. The quantitative estimate of drug-likeness (QED) is 0.302. The van der Waals surface area contributed by atoms with Gasteiger partial charge in [0.2, 0.25) is 0 Å². The molecule has 0 aliphatic heterocycles. The van der Waals surface area contributed by atoms with E-state index in [0.717, 1.165) is 28.2 Å². The van der Waals surface area contributed by atoms with Crippen LogP contribution in [0.3, 0.4) is 0 Å². The van der Waals surface area contributed by atoms with Crippen molar-refractivity contribution in [3.63, 3.8) is 0 Å². The van der Waals surface area contributed by atoms with Crippen LogP contribution in [0.4, 0.5) is 5.69 Å². The third-order valence-electron chi connectivity index (χ3n) is 4.66. The Morgan fingerprint density at radius 3 is 2.39 bits per heavy atom. The van der Waals surface area contributed by atoms with Crippen LogP contribution in [0.2, 0.25) is 5.02 Å². The van der Waals surface area contributed by atoms with E-state index in [1.165, 1.54) is 0 Å². The van der Waals surface area contributed by atoms with E-state index in [1.54, 1.807) is 20.4 Å². The minimum atomic E-state index is 0.636. The van der Waals surface area contributed by atoms with Crippen LogP contribution in [0.15, 0.2) is 84.1 Å². The second-order valence-electron chi connectivity index (χ2n) is 6.66. The number of benzene rings is 3. The van der Waals surface area contributed by atoms with Gasteiger partial charge in [0, 0.05) is 22.3 Å². The molecule has 6 nitrogen and oxygen atoms in total. The number of rotatable bonds is 7. The lowest BCUT2D eigenvalue weighted by Gasteiger charge is -2.09. The summed E-state index contributed by atoms with van der Waals surface area (Å²) in [5.41, 5.74) is 7.31. The summed E-state index contributed by atoms with van der Waals surface area (Å²) in [5, 5.41) is 9.86. The van der Waals surface area contributed by atoms with E-state index in [-0.39, 0.29) is 0 Å². The van der Waals surface area contributed by atoms with E-state index in [2.05, 4.69) is 10.5 Å². The van der Waals surface area contributed by atoms with Gasteiger partial charge in [0.1, 0.15) is 5.69 Å². The molecule has 0 bridgehead atoms. The van der Waals surface area contributed by atoms with Crippen molar-refractivity contribution < 1.29 is 9.47 Å². The van der Waals surface area contributed by atoms with Crippen LogP contribution in [-0.2, 0) is 0 Å². The molecule has 7 heteroatoms. The van der Waals surface area contributed by atoms with E-state index in [4.69, 9.17) is 26.2 Å². The van der Waals surface area contributed by atoms with Crippen LogP contribution in [-0.4, -0.2) is 30.2 Å². The van der Waals surface area contributed by atoms with Crippen LogP contribution in [0.25, 0.3) is 16.9 Å². The van der Waals surface area contributed by atoms with Crippen molar-refractivity contribution in [2.75, 3.05) is 19.6 Å². The molecule has 1 heterocycles. The van der Waals surface area contributed by atoms with Gasteiger partial charge in [-0.3, -0.25) is 5.43 Å². The number of nitrogens with zero attached hydrogens (tertiary/aromatic N) is 3. The molecule has 0 radical (unpaired) electrons. The van der Waals surface area contributed by atoms with Gasteiger partial charge >= 0.3 is 0 Å². The fourth-order valence-corrected chi connectivity index (χ4v) is 3.23. The maximum atomic E-state index is 5.94. The summed E-state index contributed by atoms with van der Waals surface area (Å²) in [4.78, 5) is 0. The molecule has 1 N–H and O–H groups in total. The number of methoxy groups -OCH3 is 2. The van der Waals surface area contributed by atoms with E-state index in [0.29, 0.717) is 16.5 Å². The van der Waals surface area contributed by atoms with Gasteiger partial charge in [0.05, 0.1) is 31.8 Å². The Bertz CT molecular complexity index is 1190. The van der Waals surface area contributed by atoms with E-state index < -0.39 is 0 Å². The lowest BCUT2D eigenvalue weighted by Crippen LogP contribution is -1.95. The third kappa shape index (κ3) is 4.70. The zero-order valence-electron chi connectivity index (χ0n) is 17.1. The fraction of sp³-hybridized carbons (Fsp3) is 0.0833. The smallest absolute Gasteiger partial charge is 0.161 e. The molecule has 0 saturated heterocycles. The van der Waals surface area contributed by atoms with Crippen molar-refractivity contribution in [1.82, 2.24) is 9.78 Å². The predicted molar refractivity (Wildman–Crippen MR) is 125 cm³/mol. The van der Waals surface area contributed by atoms with E-state index in [9.17, 15) is 0 Å². The Morgan fingerprint density at radius 2 is 1.68 bits per heavy atom. The number of halogens is 1. The predicted octanol–water partition coefficient (Wildman–Crippen LogP) is 5.66. The lowest BCUT2D eigenvalue weighted by molar-refractivity contribution is 0.355. The number of para-hydroxylation sites is 1. The summed E-state index contributed by atoms with van der Waals surface area (Å²) in [5.74, 6) is 1.30. The minimum absolute atomic E-state index is 0.636. The summed E-state index contributed by atoms with van der Waals surface area (Å²) < 4.78 is 12.6. The molecule has 0 aliphatic carbocycles. The first-order chi connectivity index (χ1) is 15.2.